The summed E-state index contributed by atoms with van der Waals surface area (Å²) in [5.41, 5.74) is 1.58. The van der Waals surface area contributed by atoms with Crippen molar-refractivity contribution in [3.8, 4) is 0 Å². The molecule has 0 fully saturated rings. The highest BCUT2D eigenvalue weighted by Gasteiger charge is 2.18. The van der Waals surface area contributed by atoms with E-state index in [1.54, 1.807) is 0 Å². The lowest BCUT2D eigenvalue weighted by Crippen LogP contribution is -2.33. The van der Waals surface area contributed by atoms with Crippen LogP contribution < -0.4 is 5.32 Å². The van der Waals surface area contributed by atoms with Gasteiger partial charge >= 0.3 is 0 Å². The van der Waals surface area contributed by atoms with Gasteiger partial charge in [-0.25, -0.2) is 0 Å². The van der Waals surface area contributed by atoms with Gasteiger partial charge in [0, 0.05) is 24.3 Å². The van der Waals surface area contributed by atoms with Crippen molar-refractivity contribution >= 4 is 12.6 Å². The van der Waals surface area contributed by atoms with E-state index in [1.807, 2.05) is 0 Å². The molecular formula is C12H19NS. The van der Waals surface area contributed by atoms with E-state index in [2.05, 4.69) is 62.1 Å². The third-order valence-electron chi connectivity index (χ3n) is 2.41. The fraction of sp³-hybridized carbons (Fsp3) is 0.500. The summed E-state index contributed by atoms with van der Waals surface area (Å²) in [5, 5.41) is 3.40. The largest absolute Gasteiger partial charge is 0.315 e. The van der Waals surface area contributed by atoms with Gasteiger partial charge in [0.1, 0.15) is 0 Å². The summed E-state index contributed by atoms with van der Waals surface area (Å²) in [6, 6.07) is 10.6. The van der Waals surface area contributed by atoms with Crippen LogP contribution in [0.2, 0.25) is 0 Å². The molecule has 1 N–H and O–H groups in total. The molecule has 0 amide bonds. The SMILES string of the molecule is CC(C)(CNCCS)c1ccccc1. The molecule has 0 saturated heterocycles. The van der Waals surface area contributed by atoms with E-state index in [1.165, 1.54) is 5.56 Å². The average Bonchev–Trinajstić information content (AvgIpc) is 2.19. The Morgan fingerprint density at radius 2 is 1.86 bits per heavy atom. The van der Waals surface area contributed by atoms with Gasteiger partial charge < -0.3 is 5.32 Å². The van der Waals surface area contributed by atoms with E-state index in [-0.39, 0.29) is 5.41 Å². The first-order chi connectivity index (χ1) is 6.67. The molecule has 14 heavy (non-hydrogen) atoms. The summed E-state index contributed by atoms with van der Waals surface area (Å²) in [7, 11) is 0. The molecule has 1 aromatic carbocycles. The number of nitrogens with one attached hydrogen (secondary N) is 1. The molecule has 0 bridgehead atoms. The maximum atomic E-state index is 4.18. The van der Waals surface area contributed by atoms with Crippen molar-refractivity contribution < 1.29 is 0 Å². The van der Waals surface area contributed by atoms with Crippen molar-refractivity contribution in [1.82, 2.24) is 5.32 Å². The second kappa shape index (κ2) is 5.42. The minimum atomic E-state index is 0.199. The van der Waals surface area contributed by atoms with Crippen molar-refractivity contribution in [3.05, 3.63) is 35.9 Å². The summed E-state index contributed by atoms with van der Waals surface area (Å²) >= 11 is 4.18. The lowest BCUT2D eigenvalue weighted by Gasteiger charge is -2.25. The van der Waals surface area contributed by atoms with Crippen LogP contribution in [0.15, 0.2) is 30.3 Å². The van der Waals surface area contributed by atoms with Gasteiger partial charge in [-0.3, -0.25) is 0 Å². The van der Waals surface area contributed by atoms with Crippen LogP contribution in [0.1, 0.15) is 19.4 Å². The Kier molecular flexibility index (Phi) is 4.49. The molecule has 0 unspecified atom stereocenters. The van der Waals surface area contributed by atoms with Crippen LogP contribution in [0, 0.1) is 0 Å². The van der Waals surface area contributed by atoms with Crippen molar-refractivity contribution in [2.75, 3.05) is 18.8 Å². The summed E-state index contributed by atoms with van der Waals surface area (Å²) in [6.07, 6.45) is 0. The highest BCUT2D eigenvalue weighted by atomic mass is 32.1. The smallest absolute Gasteiger partial charge is 0.00435 e. The normalized spacial score (nSPS) is 11.6. The molecule has 78 valence electrons. The molecule has 2 heteroatoms. The first kappa shape index (κ1) is 11.6. The van der Waals surface area contributed by atoms with E-state index in [4.69, 9.17) is 0 Å². The number of benzene rings is 1. The Balaban J connectivity index is 2.56. The summed E-state index contributed by atoms with van der Waals surface area (Å²) in [5.74, 6) is 0.894. The zero-order valence-electron chi connectivity index (χ0n) is 8.96. The van der Waals surface area contributed by atoms with Gasteiger partial charge in [-0.15, -0.1) is 0 Å². The molecule has 0 saturated carbocycles. The monoisotopic (exact) mass is 209 g/mol. The molecule has 0 atom stereocenters. The van der Waals surface area contributed by atoms with Crippen LogP contribution in [0.3, 0.4) is 0 Å². The van der Waals surface area contributed by atoms with E-state index in [0.717, 1.165) is 18.8 Å². The molecule has 0 radical (unpaired) electrons. The number of hydrogen-bond acceptors (Lipinski definition) is 2. The Bertz CT molecular complexity index is 256. The number of rotatable bonds is 5. The zero-order valence-corrected chi connectivity index (χ0v) is 9.85. The fourth-order valence-corrected chi connectivity index (χ4v) is 1.63. The highest BCUT2D eigenvalue weighted by molar-refractivity contribution is 7.80. The standard InChI is InChI=1S/C12H19NS/c1-12(2,10-13-8-9-14)11-6-4-3-5-7-11/h3-7,13-14H,8-10H2,1-2H3. The molecular weight excluding hydrogens is 190 g/mol. The summed E-state index contributed by atoms with van der Waals surface area (Å²) in [4.78, 5) is 0. The predicted octanol–water partition coefficient (Wildman–Crippen LogP) is 2.48. The van der Waals surface area contributed by atoms with Crippen molar-refractivity contribution in [2.45, 2.75) is 19.3 Å². The highest BCUT2D eigenvalue weighted by Crippen LogP contribution is 2.21. The summed E-state index contributed by atoms with van der Waals surface area (Å²) in [6.45, 7) is 6.48. The van der Waals surface area contributed by atoms with Gasteiger partial charge in [0.05, 0.1) is 0 Å². The Labute approximate surface area is 92.3 Å². The minimum absolute atomic E-state index is 0.199. The Morgan fingerprint density at radius 1 is 1.21 bits per heavy atom. The molecule has 0 aromatic heterocycles. The van der Waals surface area contributed by atoms with Gasteiger partial charge in [-0.1, -0.05) is 44.2 Å². The quantitative estimate of drug-likeness (QED) is 0.561. The van der Waals surface area contributed by atoms with Gasteiger partial charge in [0.25, 0.3) is 0 Å². The number of thiol groups is 1. The van der Waals surface area contributed by atoms with E-state index in [0.29, 0.717) is 0 Å². The third kappa shape index (κ3) is 3.35. The molecule has 1 nitrogen and oxygen atoms in total. The summed E-state index contributed by atoms with van der Waals surface area (Å²) < 4.78 is 0. The molecule has 0 heterocycles. The minimum Gasteiger partial charge on any atom is -0.315 e. The van der Waals surface area contributed by atoms with Gasteiger partial charge in [-0.2, -0.15) is 12.6 Å². The van der Waals surface area contributed by atoms with E-state index >= 15 is 0 Å². The molecule has 0 aliphatic rings. The van der Waals surface area contributed by atoms with Crippen LogP contribution in [0.4, 0.5) is 0 Å². The fourth-order valence-electron chi connectivity index (χ4n) is 1.47. The molecule has 1 aromatic rings. The number of hydrogen-bond donors (Lipinski definition) is 2. The average molecular weight is 209 g/mol. The van der Waals surface area contributed by atoms with Crippen molar-refractivity contribution in [2.24, 2.45) is 0 Å². The molecule has 1 rings (SSSR count). The van der Waals surface area contributed by atoms with Gasteiger partial charge in [0.15, 0.2) is 0 Å². The Hall–Kier alpha value is -0.470. The molecule has 0 aliphatic heterocycles. The Morgan fingerprint density at radius 3 is 2.43 bits per heavy atom. The van der Waals surface area contributed by atoms with Crippen molar-refractivity contribution in [3.63, 3.8) is 0 Å². The van der Waals surface area contributed by atoms with Crippen LogP contribution in [-0.4, -0.2) is 18.8 Å². The maximum absolute atomic E-state index is 4.18. The lowest BCUT2D eigenvalue weighted by atomic mass is 9.85. The van der Waals surface area contributed by atoms with Crippen LogP contribution in [-0.2, 0) is 5.41 Å². The van der Waals surface area contributed by atoms with E-state index < -0.39 is 0 Å². The second-order valence-corrected chi connectivity index (χ2v) is 4.60. The van der Waals surface area contributed by atoms with Crippen LogP contribution >= 0.6 is 12.6 Å². The topological polar surface area (TPSA) is 12.0 Å². The van der Waals surface area contributed by atoms with Gasteiger partial charge in [0.2, 0.25) is 0 Å². The first-order valence-corrected chi connectivity index (χ1v) is 5.67. The second-order valence-electron chi connectivity index (χ2n) is 4.15. The van der Waals surface area contributed by atoms with E-state index in [9.17, 15) is 0 Å². The van der Waals surface area contributed by atoms with Gasteiger partial charge in [-0.05, 0) is 5.56 Å². The molecule has 0 spiro atoms. The molecule has 0 aliphatic carbocycles. The van der Waals surface area contributed by atoms with Crippen molar-refractivity contribution in [1.29, 1.82) is 0 Å². The zero-order chi connectivity index (χ0) is 10.4. The van der Waals surface area contributed by atoms with Crippen LogP contribution in [0.5, 0.6) is 0 Å². The third-order valence-corrected chi connectivity index (χ3v) is 2.63. The first-order valence-electron chi connectivity index (χ1n) is 5.04. The lowest BCUT2D eigenvalue weighted by molar-refractivity contribution is 0.479. The predicted molar refractivity (Wildman–Crippen MR) is 66.2 cm³/mol. The van der Waals surface area contributed by atoms with Crippen LogP contribution in [0.25, 0.3) is 0 Å². The maximum Gasteiger partial charge on any atom is 0.00435 e.